The molecule has 11 heteroatoms. The molecule has 3 aromatic carbocycles. The first-order valence-electron chi connectivity index (χ1n) is 13.3. The van der Waals surface area contributed by atoms with Crippen LogP contribution in [0.1, 0.15) is 24.1 Å². The molecule has 2 heterocycles. The number of morpholine rings is 1. The number of hydrogen-bond acceptors (Lipinski definition) is 5. The van der Waals surface area contributed by atoms with Gasteiger partial charge in [-0.2, -0.15) is 18.4 Å². The molecular weight excluding hydrogens is 555 g/mol. The van der Waals surface area contributed by atoms with Crippen LogP contribution in [0.25, 0.3) is 0 Å². The number of ether oxygens (including phenoxy) is 2. The fourth-order valence-electron chi connectivity index (χ4n) is 5.17. The summed E-state index contributed by atoms with van der Waals surface area (Å²) in [5.41, 5.74) is 0.433. The average Bonchev–Trinajstić information content (AvgIpc) is 3.31. The Balaban J connectivity index is 1.45. The fraction of sp³-hybridized carbons (Fsp3) is 0.333. The van der Waals surface area contributed by atoms with Crippen LogP contribution < -0.4 is 9.64 Å². The van der Waals surface area contributed by atoms with Crippen molar-refractivity contribution >= 4 is 23.2 Å². The summed E-state index contributed by atoms with van der Waals surface area (Å²) in [5, 5.41) is 10.2. The predicted octanol–water partition coefficient (Wildman–Crippen LogP) is 6.57. The van der Waals surface area contributed by atoms with E-state index < -0.39 is 17.8 Å². The van der Waals surface area contributed by atoms with E-state index in [0.29, 0.717) is 60.0 Å². The molecule has 0 aromatic heterocycles. The van der Waals surface area contributed by atoms with Gasteiger partial charge in [0.25, 0.3) is 0 Å². The van der Waals surface area contributed by atoms with E-state index in [9.17, 15) is 18.4 Å². The lowest BCUT2D eigenvalue weighted by molar-refractivity contribution is -0.137. The highest BCUT2D eigenvalue weighted by atomic mass is 35.5. The summed E-state index contributed by atoms with van der Waals surface area (Å²) >= 11 is 5.96. The van der Waals surface area contributed by atoms with E-state index in [1.165, 1.54) is 12.1 Å². The zero-order valence-electron chi connectivity index (χ0n) is 22.4. The van der Waals surface area contributed by atoms with Gasteiger partial charge >= 0.3 is 6.18 Å². The van der Waals surface area contributed by atoms with Crippen LogP contribution in [-0.2, 0) is 10.9 Å². The van der Waals surface area contributed by atoms with Crippen molar-refractivity contribution < 1.29 is 22.6 Å². The first kappa shape index (κ1) is 28.7. The molecule has 0 radical (unpaired) electrons. The SMILES string of the molecule is C[C@H]1CN(CCN2CC(c3cccc(C(F)(F)F)c3)N(c3ccc(Oc4ccc(Cl)cc4)cc3)/C2=N/C#N)CCO1. The molecule has 2 fully saturated rings. The lowest BCUT2D eigenvalue weighted by Crippen LogP contribution is -2.45. The van der Waals surface area contributed by atoms with Crippen LogP contribution in [-0.4, -0.2) is 61.2 Å². The van der Waals surface area contributed by atoms with Gasteiger partial charge in [0.05, 0.1) is 24.3 Å². The molecule has 7 nitrogen and oxygen atoms in total. The molecular formula is C30H29ClF3N5O2. The molecule has 2 atom stereocenters. The van der Waals surface area contributed by atoms with E-state index in [-0.39, 0.29) is 6.10 Å². The van der Waals surface area contributed by atoms with E-state index in [0.717, 1.165) is 19.2 Å². The smallest absolute Gasteiger partial charge is 0.416 e. The lowest BCUT2D eigenvalue weighted by atomic mass is 10.0. The Labute approximate surface area is 242 Å². The van der Waals surface area contributed by atoms with Crippen LogP contribution in [0, 0.1) is 11.5 Å². The quantitative estimate of drug-likeness (QED) is 0.293. The molecule has 1 unspecified atom stereocenters. The van der Waals surface area contributed by atoms with Crippen molar-refractivity contribution in [2.24, 2.45) is 4.99 Å². The second-order valence-electron chi connectivity index (χ2n) is 10.00. The summed E-state index contributed by atoms with van der Waals surface area (Å²) in [5.74, 6) is 1.58. The number of hydrogen-bond donors (Lipinski definition) is 0. The average molecular weight is 584 g/mol. The van der Waals surface area contributed by atoms with Crippen LogP contribution in [0.3, 0.4) is 0 Å². The molecule has 0 aliphatic carbocycles. The number of alkyl halides is 3. The first-order valence-corrected chi connectivity index (χ1v) is 13.6. The van der Waals surface area contributed by atoms with Gasteiger partial charge in [-0.3, -0.25) is 4.90 Å². The van der Waals surface area contributed by atoms with E-state index in [4.69, 9.17) is 21.1 Å². The molecule has 0 amide bonds. The Morgan fingerprint density at radius 3 is 2.39 bits per heavy atom. The molecule has 2 aliphatic heterocycles. The van der Waals surface area contributed by atoms with Gasteiger partial charge in [0.15, 0.2) is 0 Å². The Morgan fingerprint density at radius 1 is 1.02 bits per heavy atom. The third-order valence-electron chi connectivity index (χ3n) is 7.13. The van der Waals surface area contributed by atoms with Gasteiger partial charge in [-0.25, -0.2) is 0 Å². The van der Waals surface area contributed by atoms with Crippen molar-refractivity contribution in [3.05, 3.63) is 88.9 Å². The topological polar surface area (TPSA) is 64.3 Å². The molecule has 0 bridgehead atoms. The van der Waals surface area contributed by atoms with Crippen molar-refractivity contribution in [3.63, 3.8) is 0 Å². The van der Waals surface area contributed by atoms with Gasteiger partial charge in [-0.15, -0.1) is 4.99 Å². The number of nitriles is 1. The van der Waals surface area contributed by atoms with Crippen molar-refractivity contribution in [2.75, 3.05) is 44.2 Å². The number of nitrogens with zero attached hydrogens (tertiary/aromatic N) is 5. The van der Waals surface area contributed by atoms with Crippen molar-refractivity contribution in [1.82, 2.24) is 9.80 Å². The second kappa shape index (κ2) is 12.4. The number of guanidine groups is 1. The molecule has 5 rings (SSSR count). The third kappa shape index (κ3) is 6.93. The number of aliphatic imine (C=N–C) groups is 1. The molecule has 0 N–H and O–H groups in total. The zero-order valence-corrected chi connectivity index (χ0v) is 23.1. The van der Waals surface area contributed by atoms with Gasteiger partial charge in [0, 0.05) is 43.4 Å². The van der Waals surface area contributed by atoms with Crippen LogP contribution in [0.2, 0.25) is 5.02 Å². The summed E-state index contributed by atoms with van der Waals surface area (Å²) in [4.78, 5) is 10.2. The largest absolute Gasteiger partial charge is 0.457 e. The van der Waals surface area contributed by atoms with Crippen molar-refractivity contribution in [1.29, 1.82) is 5.26 Å². The Bertz CT molecular complexity index is 1410. The molecule has 2 saturated heterocycles. The minimum Gasteiger partial charge on any atom is -0.457 e. The van der Waals surface area contributed by atoms with Gasteiger partial charge < -0.3 is 19.3 Å². The maximum absolute atomic E-state index is 13.6. The molecule has 41 heavy (non-hydrogen) atoms. The standard InChI is InChI=1S/C30H29ClF3N5O2/c1-21-18-37(15-16-40-21)13-14-38-19-28(22-3-2-4-23(17-22)30(32,33)34)39(29(38)36-20-35)25-7-11-27(12-8-25)41-26-9-5-24(31)6-10-26/h2-12,17,21,28H,13-16,18-19H2,1H3/b36-29+/t21-,28?/m0/s1. The Hall–Kier alpha value is -3.78. The van der Waals surface area contributed by atoms with Crippen molar-refractivity contribution in [2.45, 2.75) is 25.2 Å². The number of rotatable bonds is 7. The van der Waals surface area contributed by atoms with Gasteiger partial charge in [0.1, 0.15) is 11.5 Å². The molecule has 2 aliphatic rings. The maximum atomic E-state index is 13.6. The van der Waals surface area contributed by atoms with Crippen molar-refractivity contribution in [3.8, 4) is 17.7 Å². The van der Waals surface area contributed by atoms with E-state index in [1.807, 2.05) is 35.0 Å². The van der Waals surface area contributed by atoms with E-state index in [1.54, 1.807) is 42.5 Å². The highest BCUT2D eigenvalue weighted by Gasteiger charge is 2.39. The van der Waals surface area contributed by atoms with Gasteiger partial charge in [0.2, 0.25) is 12.2 Å². The number of anilines is 1. The fourth-order valence-corrected chi connectivity index (χ4v) is 5.29. The van der Waals surface area contributed by atoms with Crippen LogP contribution in [0.5, 0.6) is 11.5 Å². The van der Waals surface area contributed by atoms with Gasteiger partial charge in [-0.05, 0) is 73.2 Å². The Kier molecular flexibility index (Phi) is 8.68. The minimum atomic E-state index is -4.48. The van der Waals surface area contributed by atoms with E-state index >= 15 is 0 Å². The maximum Gasteiger partial charge on any atom is 0.416 e. The summed E-state index contributed by atoms with van der Waals surface area (Å²) < 4.78 is 52.4. The Morgan fingerprint density at radius 2 is 1.73 bits per heavy atom. The highest BCUT2D eigenvalue weighted by molar-refractivity contribution is 6.30. The molecule has 214 valence electrons. The number of halogens is 4. The molecule has 0 saturated carbocycles. The van der Waals surface area contributed by atoms with Crippen LogP contribution in [0.15, 0.2) is 77.8 Å². The molecule has 0 spiro atoms. The number of benzene rings is 3. The predicted molar refractivity (Wildman–Crippen MR) is 151 cm³/mol. The van der Waals surface area contributed by atoms with Gasteiger partial charge in [-0.1, -0.05) is 23.7 Å². The highest BCUT2D eigenvalue weighted by Crippen LogP contribution is 2.38. The third-order valence-corrected chi connectivity index (χ3v) is 7.38. The first-order chi connectivity index (χ1) is 19.7. The lowest BCUT2D eigenvalue weighted by Gasteiger charge is -2.32. The van der Waals surface area contributed by atoms with Crippen LogP contribution >= 0.6 is 11.6 Å². The zero-order chi connectivity index (χ0) is 29.0. The second-order valence-corrected chi connectivity index (χ2v) is 10.4. The summed E-state index contributed by atoms with van der Waals surface area (Å²) in [6, 6.07) is 19.0. The normalized spacial score (nSPS) is 20.8. The summed E-state index contributed by atoms with van der Waals surface area (Å²) in [6.45, 7) is 5.87. The molecule has 3 aromatic rings. The van der Waals surface area contributed by atoms with E-state index in [2.05, 4.69) is 9.89 Å². The minimum absolute atomic E-state index is 0.123. The van der Waals surface area contributed by atoms with Crippen LogP contribution in [0.4, 0.5) is 18.9 Å². The summed E-state index contributed by atoms with van der Waals surface area (Å²) in [7, 11) is 0. The monoisotopic (exact) mass is 583 g/mol. The summed E-state index contributed by atoms with van der Waals surface area (Å²) in [6.07, 6.45) is -2.46.